The number of piperidine rings is 1. The number of likely N-dealkylation sites (tertiary alicyclic amines) is 1. The fourth-order valence-corrected chi connectivity index (χ4v) is 3.18. The average Bonchev–Trinajstić information content (AvgIpc) is 2.35. The zero-order valence-electron chi connectivity index (χ0n) is 11.7. The van der Waals surface area contributed by atoms with Gasteiger partial charge < -0.3 is 4.90 Å². The average molecular weight is 280 g/mol. The quantitative estimate of drug-likeness (QED) is 0.825. The summed E-state index contributed by atoms with van der Waals surface area (Å²) in [5, 5.41) is 0.741. The summed E-state index contributed by atoms with van der Waals surface area (Å²) in [6.07, 6.45) is 2.59. The maximum absolute atomic E-state index is 12.2. The number of aryl methyl sites for hydroxylation is 1. The van der Waals surface area contributed by atoms with Crippen LogP contribution in [-0.2, 0) is 11.2 Å². The van der Waals surface area contributed by atoms with Crippen molar-refractivity contribution in [2.24, 2.45) is 11.8 Å². The predicted octanol–water partition coefficient (Wildman–Crippen LogP) is 3.78. The number of hydrogen-bond acceptors (Lipinski definition) is 1. The Balaban J connectivity index is 1.87. The van der Waals surface area contributed by atoms with E-state index in [0.717, 1.165) is 30.1 Å². The highest BCUT2D eigenvalue weighted by atomic mass is 35.5. The first kappa shape index (κ1) is 14.4. The molecule has 0 radical (unpaired) electrons. The van der Waals surface area contributed by atoms with Crippen LogP contribution in [0.1, 0.15) is 32.3 Å². The second-order valence-electron chi connectivity index (χ2n) is 5.87. The fraction of sp³-hybridized carbons (Fsp3) is 0.562. The van der Waals surface area contributed by atoms with Gasteiger partial charge in [-0.2, -0.15) is 0 Å². The van der Waals surface area contributed by atoms with Crippen molar-refractivity contribution in [1.82, 2.24) is 4.90 Å². The van der Waals surface area contributed by atoms with Crippen LogP contribution in [0.3, 0.4) is 0 Å². The summed E-state index contributed by atoms with van der Waals surface area (Å²) in [5.41, 5.74) is 1.14. The first-order valence-electron chi connectivity index (χ1n) is 7.07. The fourth-order valence-electron chi connectivity index (χ4n) is 2.97. The van der Waals surface area contributed by atoms with Crippen LogP contribution in [0, 0.1) is 11.8 Å². The van der Waals surface area contributed by atoms with Gasteiger partial charge in [-0.3, -0.25) is 4.79 Å². The molecule has 0 aliphatic carbocycles. The van der Waals surface area contributed by atoms with E-state index in [1.54, 1.807) is 0 Å². The van der Waals surface area contributed by atoms with Crippen molar-refractivity contribution in [3.8, 4) is 0 Å². The Bertz CT molecular complexity index is 436. The first-order valence-corrected chi connectivity index (χ1v) is 7.44. The van der Waals surface area contributed by atoms with Crippen molar-refractivity contribution in [2.75, 3.05) is 13.1 Å². The Kier molecular flexibility index (Phi) is 4.87. The Morgan fingerprint density at radius 1 is 1.32 bits per heavy atom. The largest absolute Gasteiger partial charge is 0.342 e. The highest BCUT2D eigenvalue weighted by Crippen LogP contribution is 2.22. The number of benzene rings is 1. The van der Waals surface area contributed by atoms with Crippen LogP contribution in [0.4, 0.5) is 0 Å². The molecule has 1 heterocycles. The van der Waals surface area contributed by atoms with Crippen LogP contribution in [0.5, 0.6) is 0 Å². The molecular weight excluding hydrogens is 258 g/mol. The van der Waals surface area contributed by atoms with E-state index in [1.807, 2.05) is 29.2 Å². The van der Waals surface area contributed by atoms with Crippen molar-refractivity contribution in [3.63, 3.8) is 0 Å². The van der Waals surface area contributed by atoms with Gasteiger partial charge in [0.1, 0.15) is 0 Å². The molecule has 1 aromatic rings. The molecule has 2 unspecified atom stereocenters. The topological polar surface area (TPSA) is 20.3 Å². The van der Waals surface area contributed by atoms with Crippen molar-refractivity contribution in [3.05, 3.63) is 34.9 Å². The normalized spacial score (nSPS) is 23.4. The molecule has 1 fully saturated rings. The molecule has 0 saturated carbocycles. The van der Waals surface area contributed by atoms with Crippen LogP contribution < -0.4 is 0 Å². The summed E-state index contributed by atoms with van der Waals surface area (Å²) in [4.78, 5) is 14.3. The third-order valence-corrected chi connectivity index (χ3v) is 3.97. The Morgan fingerprint density at radius 2 is 2.00 bits per heavy atom. The first-order chi connectivity index (χ1) is 9.04. The second kappa shape index (κ2) is 6.42. The predicted molar refractivity (Wildman–Crippen MR) is 79.3 cm³/mol. The van der Waals surface area contributed by atoms with Crippen LogP contribution >= 0.6 is 11.6 Å². The molecule has 0 bridgehead atoms. The Hall–Kier alpha value is -1.02. The summed E-state index contributed by atoms with van der Waals surface area (Å²) >= 11 is 5.95. The Morgan fingerprint density at radius 3 is 2.63 bits per heavy atom. The van der Waals surface area contributed by atoms with Crippen molar-refractivity contribution < 1.29 is 4.79 Å². The van der Waals surface area contributed by atoms with E-state index < -0.39 is 0 Å². The lowest BCUT2D eigenvalue weighted by Gasteiger charge is -2.35. The summed E-state index contributed by atoms with van der Waals surface area (Å²) in [7, 11) is 0. The minimum absolute atomic E-state index is 0.276. The number of nitrogens with zero attached hydrogens (tertiary/aromatic N) is 1. The van der Waals surface area contributed by atoms with Crippen molar-refractivity contribution in [2.45, 2.75) is 33.1 Å². The lowest BCUT2D eigenvalue weighted by atomic mass is 9.91. The highest BCUT2D eigenvalue weighted by Gasteiger charge is 2.24. The molecule has 2 atom stereocenters. The van der Waals surface area contributed by atoms with Gasteiger partial charge in [0.05, 0.1) is 0 Å². The van der Waals surface area contributed by atoms with E-state index in [4.69, 9.17) is 11.6 Å². The maximum atomic E-state index is 12.2. The van der Waals surface area contributed by atoms with Gasteiger partial charge in [-0.05, 0) is 42.4 Å². The molecule has 1 aromatic carbocycles. The molecule has 0 N–H and O–H groups in total. The van der Waals surface area contributed by atoms with E-state index in [1.165, 1.54) is 6.42 Å². The summed E-state index contributed by atoms with van der Waals surface area (Å²) in [6.45, 7) is 6.29. The van der Waals surface area contributed by atoms with Crippen molar-refractivity contribution >= 4 is 17.5 Å². The molecule has 1 amide bonds. The van der Waals surface area contributed by atoms with Gasteiger partial charge in [0.15, 0.2) is 0 Å². The second-order valence-corrected chi connectivity index (χ2v) is 6.31. The zero-order valence-corrected chi connectivity index (χ0v) is 12.5. The number of hydrogen-bond donors (Lipinski definition) is 0. The molecule has 2 nitrogen and oxygen atoms in total. The Labute approximate surface area is 120 Å². The number of halogens is 1. The molecule has 19 heavy (non-hydrogen) atoms. The van der Waals surface area contributed by atoms with Gasteiger partial charge in [-0.15, -0.1) is 0 Å². The van der Waals surface area contributed by atoms with E-state index >= 15 is 0 Å². The summed E-state index contributed by atoms with van der Waals surface area (Å²) in [6, 6.07) is 7.77. The van der Waals surface area contributed by atoms with Gasteiger partial charge in [0.2, 0.25) is 5.91 Å². The molecule has 1 saturated heterocycles. The van der Waals surface area contributed by atoms with Crippen molar-refractivity contribution in [1.29, 1.82) is 0 Å². The minimum Gasteiger partial charge on any atom is -0.342 e. The number of amides is 1. The van der Waals surface area contributed by atoms with E-state index in [2.05, 4.69) is 13.8 Å². The smallest absolute Gasteiger partial charge is 0.222 e. The molecule has 0 aromatic heterocycles. The van der Waals surface area contributed by atoms with Crippen LogP contribution in [0.2, 0.25) is 5.02 Å². The highest BCUT2D eigenvalue weighted by molar-refractivity contribution is 6.30. The lowest BCUT2D eigenvalue weighted by molar-refractivity contribution is -0.133. The molecule has 1 aliphatic heterocycles. The van der Waals surface area contributed by atoms with Gasteiger partial charge in [-0.1, -0.05) is 37.6 Å². The van der Waals surface area contributed by atoms with Crippen LogP contribution in [0.25, 0.3) is 0 Å². The molecular formula is C16H22ClNO. The van der Waals surface area contributed by atoms with Gasteiger partial charge in [0, 0.05) is 24.5 Å². The van der Waals surface area contributed by atoms with E-state index in [0.29, 0.717) is 18.3 Å². The van der Waals surface area contributed by atoms with Crippen LogP contribution in [0.15, 0.2) is 24.3 Å². The molecule has 104 valence electrons. The summed E-state index contributed by atoms with van der Waals surface area (Å²) < 4.78 is 0. The van der Waals surface area contributed by atoms with E-state index in [9.17, 15) is 4.79 Å². The van der Waals surface area contributed by atoms with Gasteiger partial charge in [-0.25, -0.2) is 0 Å². The number of rotatable bonds is 3. The number of carbonyl (C=O) groups excluding carboxylic acids is 1. The monoisotopic (exact) mass is 279 g/mol. The SMILES string of the molecule is CC1CC(C)CN(C(=O)CCc2cccc(Cl)c2)C1. The molecule has 2 rings (SSSR count). The molecule has 3 heteroatoms. The zero-order chi connectivity index (χ0) is 13.8. The van der Waals surface area contributed by atoms with Gasteiger partial charge >= 0.3 is 0 Å². The number of carbonyl (C=O) groups is 1. The third-order valence-electron chi connectivity index (χ3n) is 3.74. The standard InChI is InChI=1S/C16H22ClNO/c1-12-8-13(2)11-18(10-12)16(19)7-6-14-4-3-5-15(17)9-14/h3-5,9,12-13H,6-8,10-11H2,1-2H3. The lowest BCUT2D eigenvalue weighted by Crippen LogP contribution is -2.42. The molecule has 0 spiro atoms. The molecule has 1 aliphatic rings. The minimum atomic E-state index is 0.276. The van der Waals surface area contributed by atoms with Crippen LogP contribution in [-0.4, -0.2) is 23.9 Å². The third kappa shape index (κ3) is 4.24. The summed E-state index contributed by atoms with van der Waals surface area (Å²) in [5.74, 6) is 1.52. The van der Waals surface area contributed by atoms with E-state index in [-0.39, 0.29) is 5.91 Å². The van der Waals surface area contributed by atoms with Gasteiger partial charge in [0.25, 0.3) is 0 Å². The maximum Gasteiger partial charge on any atom is 0.222 e.